The van der Waals surface area contributed by atoms with Crippen molar-refractivity contribution >= 4 is 5.57 Å². The Morgan fingerprint density at radius 1 is 0.969 bits per heavy atom. The summed E-state index contributed by atoms with van der Waals surface area (Å²) in [5, 5.41) is 0. The number of hydrogen-bond acceptors (Lipinski definition) is 2. The first-order valence-electron chi connectivity index (χ1n) is 10.9. The molecule has 0 radical (unpaired) electrons. The molecule has 2 aromatic carbocycles. The molecule has 0 bridgehead atoms. The van der Waals surface area contributed by atoms with Crippen LogP contribution in [0.5, 0.6) is 0 Å². The van der Waals surface area contributed by atoms with Crippen LogP contribution in [0.15, 0.2) is 72.5 Å². The van der Waals surface area contributed by atoms with Crippen LogP contribution in [-0.4, -0.2) is 26.1 Å². The van der Waals surface area contributed by atoms with Gasteiger partial charge in [-0.15, -0.1) is 0 Å². The molecule has 32 heavy (non-hydrogen) atoms. The van der Waals surface area contributed by atoms with Gasteiger partial charge in [0.05, 0.1) is 19.8 Å². The summed E-state index contributed by atoms with van der Waals surface area (Å²) in [5.41, 5.74) is 2.77. The normalized spacial score (nSPS) is 26.0. The van der Waals surface area contributed by atoms with Crippen molar-refractivity contribution in [3.05, 3.63) is 89.5 Å². The lowest BCUT2D eigenvalue weighted by Gasteiger charge is -2.28. The van der Waals surface area contributed by atoms with E-state index in [1.165, 1.54) is 25.3 Å². The summed E-state index contributed by atoms with van der Waals surface area (Å²) in [6.07, 6.45) is 5.30. The summed E-state index contributed by atoms with van der Waals surface area (Å²) >= 11 is 0. The SMILES string of the molecule is C/C=C/C1CCC(c2ccc(-c3ccc(C4=CC=C(OC)C(F)C4F)cc3)c(F)c2)OC1. The van der Waals surface area contributed by atoms with Crippen molar-refractivity contribution in [3.63, 3.8) is 0 Å². The van der Waals surface area contributed by atoms with Gasteiger partial charge in [0, 0.05) is 11.5 Å². The van der Waals surface area contributed by atoms with Gasteiger partial charge in [0.15, 0.2) is 12.3 Å². The molecule has 1 heterocycles. The van der Waals surface area contributed by atoms with E-state index in [4.69, 9.17) is 9.47 Å². The molecule has 5 heteroatoms. The molecule has 2 aromatic rings. The highest BCUT2D eigenvalue weighted by Crippen LogP contribution is 2.35. The number of benzene rings is 2. The second-order valence-electron chi connectivity index (χ2n) is 8.20. The van der Waals surface area contributed by atoms with E-state index in [9.17, 15) is 13.2 Å². The molecule has 0 N–H and O–H groups in total. The van der Waals surface area contributed by atoms with E-state index in [0.717, 1.165) is 18.4 Å². The van der Waals surface area contributed by atoms with Gasteiger partial charge in [-0.2, -0.15) is 0 Å². The zero-order chi connectivity index (χ0) is 22.7. The number of methoxy groups -OCH3 is 1. The van der Waals surface area contributed by atoms with Gasteiger partial charge in [0.2, 0.25) is 0 Å². The van der Waals surface area contributed by atoms with Crippen LogP contribution in [0.1, 0.15) is 37.0 Å². The Labute approximate surface area is 187 Å². The minimum Gasteiger partial charge on any atom is -0.498 e. The fraction of sp³-hybridized carbons (Fsp3) is 0.333. The first-order chi connectivity index (χ1) is 15.5. The second-order valence-corrected chi connectivity index (χ2v) is 8.20. The highest BCUT2D eigenvalue weighted by Gasteiger charge is 2.32. The Kier molecular flexibility index (Phi) is 6.85. The summed E-state index contributed by atoms with van der Waals surface area (Å²) in [6, 6.07) is 12.0. The van der Waals surface area contributed by atoms with E-state index in [1.807, 2.05) is 19.1 Å². The van der Waals surface area contributed by atoms with Gasteiger partial charge < -0.3 is 9.47 Å². The predicted molar refractivity (Wildman–Crippen MR) is 121 cm³/mol. The number of halogens is 3. The quantitative estimate of drug-likeness (QED) is 0.460. The number of hydrogen-bond donors (Lipinski definition) is 0. The molecule has 0 aromatic heterocycles. The average Bonchev–Trinajstić information content (AvgIpc) is 2.82. The van der Waals surface area contributed by atoms with Crippen molar-refractivity contribution in [2.24, 2.45) is 5.92 Å². The molecule has 1 aliphatic heterocycles. The Bertz CT molecular complexity index is 1030. The fourth-order valence-corrected chi connectivity index (χ4v) is 4.36. The Hall–Kier alpha value is -2.79. The van der Waals surface area contributed by atoms with Crippen molar-refractivity contribution in [3.8, 4) is 11.1 Å². The summed E-state index contributed by atoms with van der Waals surface area (Å²) in [6.45, 7) is 2.65. The highest BCUT2D eigenvalue weighted by atomic mass is 19.2. The van der Waals surface area contributed by atoms with Crippen LogP contribution in [0.4, 0.5) is 13.2 Å². The summed E-state index contributed by atoms with van der Waals surface area (Å²) in [4.78, 5) is 0. The molecule has 168 valence electrons. The molecular formula is C27H27F3O2. The lowest BCUT2D eigenvalue weighted by Crippen LogP contribution is -2.24. The van der Waals surface area contributed by atoms with E-state index in [1.54, 1.807) is 30.3 Å². The third kappa shape index (κ3) is 4.53. The molecule has 4 unspecified atom stereocenters. The molecule has 0 saturated carbocycles. The minimum absolute atomic E-state index is 0.0284. The largest absolute Gasteiger partial charge is 0.498 e. The summed E-state index contributed by atoms with van der Waals surface area (Å²) in [7, 11) is 1.32. The van der Waals surface area contributed by atoms with Crippen molar-refractivity contribution in [1.82, 2.24) is 0 Å². The molecule has 0 spiro atoms. The fourth-order valence-electron chi connectivity index (χ4n) is 4.36. The van der Waals surface area contributed by atoms with Gasteiger partial charge in [-0.05, 0) is 54.2 Å². The number of alkyl halides is 2. The third-order valence-electron chi connectivity index (χ3n) is 6.16. The Morgan fingerprint density at radius 3 is 2.34 bits per heavy atom. The highest BCUT2D eigenvalue weighted by molar-refractivity contribution is 5.75. The lowest BCUT2D eigenvalue weighted by molar-refractivity contribution is -0.00538. The average molecular weight is 441 g/mol. The zero-order valence-electron chi connectivity index (χ0n) is 18.2. The zero-order valence-corrected chi connectivity index (χ0v) is 18.2. The first-order valence-corrected chi connectivity index (χ1v) is 10.9. The molecule has 1 aliphatic carbocycles. The van der Waals surface area contributed by atoms with Gasteiger partial charge in [-0.3, -0.25) is 0 Å². The van der Waals surface area contributed by atoms with E-state index in [2.05, 4.69) is 6.08 Å². The standard InChI is InChI=1S/C27H27F3O2/c1-3-4-17-5-13-24(32-16-17)20-10-11-21(23(28)15-20)18-6-8-19(9-7-18)22-12-14-25(31-2)27(30)26(22)29/h3-4,6-12,14-15,17,24,26-27H,5,13,16H2,1-2H3/b4-3+. The summed E-state index contributed by atoms with van der Waals surface area (Å²) < 4.78 is 54.4. The van der Waals surface area contributed by atoms with Crippen LogP contribution in [0.25, 0.3) is 16.7 Å². The maximum atomic E-state index is 14.9. The number of ether oxygens (including phenoxy) is 2. The molecule has 2 aliphatic rings. The van der Waals surface area contributed by atoms with E-state index in [0.29, 0.717) is 29.2 Å². The van der Waals surface area contributed by atoms with Gasteiger partial charge in [-0.25, -0.2) is 13.2 Å². The molecule has 2 nitrogen and oxygen atoms in total. The molecule has 0 amide bonds. The van der Waals surface area contributed by atoms with Gasteiger partial charge in [0.25, 0.3) is 0 Å². The van der Waals surface area contributed by atoms with Crippen LogP contribution in [0.3, 0.4) is 0 Å². The first kappa shape index (κ1) is 22.4. The van der Waals surface area contributed by atoms with Crippen molar-refractivity contribution in [2.75, 3.05) is 13.7 Å². The second kappa shape index (κ2) is 9.78. The van der Waals surface area contributed by atoms with Gasteiger partial charge in [-0.1, -0.05) is 54.6 Å². The predicted octanol–water partition coefficient (Wildman–Crippen LogP) is 7.14. The maximum absolute atomic E-state index is 14.9. The van der Waals surface area contributed by atoms with Gasteiger partial charge >= 0.3 is 0 Å². The van der Waals surface area contributed by atoms with Crippen LogP contribution >= 0.6 is 0 Å². The lowest BCUT2D eigenvalue weighted by atomic mass is 9.91. The molecule has 1 fully saturated rings. The molecule has 4 atom stereocenters. The smallest absolute Gasteiger partial charge is 0.192 e. The van der Waals surface area contributed by atoms with Crippen LogP contribution in [0, 0.1) is 11.7 Å². The third-order valence-corrected chi connectivity index (χ3v) is 6.16. The van der Waals surface area contributed by atoms with Crippen LogP contribution in [0.2, 0.25) is 0 Å². The van der Waals surface area contributed by atoms with Crippen molar-refractivity contribution in [2.45, 2.75) is 38.2 Å². The number of rotatable bonds is 5. The minimum atomic E-state index is -1.83. The maximum Gasteiger partial charge on any atom is 0.192 e. The molecule has 1 saturated heterocycles. The summed E-state index contributed by atoms with van der Waals surface area (Å²) in [5.74, 6) is 0.0665. The monoisotopic (exact) mass is 440 g/mol. The van der Waals surface area contributed by atoms with E-state index >= 15 is 0 Å². The molecular weight excluding hydrogens is 413 g/mol. The van der Waals surface area contributed by atoms with Crippen molar-refractivity contribution < 1.29 is 22.6 Å². The van der Waals surface area contributed by atoms with Crippen LogP contribution < -0.4 is 0 Å². The van der Waals surface area contributed by atoms with Crippen LogP contribution in [-0.2, 0) is 9.47 Å². The topological polar surface area (TPSA) is 18.5 Å². The number of allylic oxidation sites excluding steroid dienone is 5. The molecule has 4 rings (SSSR count). The van der Waals surface area contributed by atoms with E-state index in [-0.39, 0.29) is 23.3 Å². The Morgan fingerprint density at radius 2 is 1.72 bits per heavy atom. The van der Waals surface area contributed by atoms with Gasteiger partial charge in [0.1, 0.15) is 11.6 Å². The van der Waals surface area contributed by atoms with Crippen molar-refractivity contribution in [1.29, 1.82) is 0 Å². The van der Waals surface area contributed by atoms with E-state index < -0.39 is 12.3 Å². The Balaban J connectivity index is 1.50.